The number of anilines is 1. The van der Waals surface area contributed by atoms with Gasteiger partial charge in [-0.2, -0.15) is 0 Å². The molecule has 2 rings (SSSR count). The molecule has 0 saturated carbocycles. The molecule has 0 aromatic heterocycles. The van der Waals surface area contributed by atoms with Crippen LogP contribution in [0, 0.1) is 11.8 Å². The molecule has 9 nitrogen and oxygen atoms in total. The molecule has 0 bridgehead atoms. The third kappa shape index (κ3) is 9.13. The van der Waals surface area contributed by atoms with Gasteiger partial charge in [0.05, 0.1) is 26.9 Å². The molecule has 36 heavy (non-hydrogen) atoms. The van der Waals surface area contributed by atoms with Crippen LogP contribution in [-0.2, 0) is 30.3 Å². The largest absolute Gasteiger partial charge is 0.347 e. The van der Waals surface area contributed by atoms with E-state index < -0.39 is 5.91 Å². The predicted molar refractivity (Wildman–Crippen MR) is 138 cm³/mol. The zero-order valence-electron chi connectivity index (χ0n) is 21.3. The maximum Gasteiger partial charge on any atom is 0.243 e. The van der Waals surface area contributed by atoms with E-state index in [4.69, 9.17) is 7.85 Å². The van der Waals surface area contributed by atoms with Crippen molar-refractivity contribution in [2.45, 2.75) is 65.1 Å². The van der Waals surface area contributed by atoms with Crippen LogP contribution in [0.3, 0.4) is 0 Å². The number of hydrogen-bond donors (Lipinski definition) is 3. The first-order valence-electron chi connectivity index (χ1n) is 12.7. The van der Waals surface area contributed by atoms with Crippen LogP contribution in [-0.4, -0.2) is 61.9 Å². The van der Waals surface area contributed by atoms with E-state index in [0.29, 0.717) is 44.2 Å². The van der Waals surface area contributed by atoms with E-state index in [9.17, 15) is 24.0 Å². The molecular formula is C26H37BN4O5. The van der Waals surface area contributed by atoms with Gasteiger partial charge in [0.25, 0.3) is 0 Å². The lowest BCUT2D eigenvalue weighted by Crippen LogP contribution is -2.40. The van der Waals surface area contributed by atoms with Crippen molar-refractivity contribution in [3.8, 4) is 0 Å². The van der Waals surface area contributed by atoms with E-state index >= 15 is 0 Å². The molecule has 194 valence electrons. The van der Waals surface area contributed by atoms with Crippen LogP contribution < -0.4 is 16.0 Å². The molecule has 1 atom stereocenters. The summed E-state index contributed by atoms with van der Waals surface area (Å²) >= 11 is 0. The first-order chi connectivity index (χ1) is 17.3. The molecule has 0 spiro atoms. The van der Waals surface area contributed by atoms with E-state index in [1.54, 1.807) is 24.3 Å². The third-order valence-electron chi connectivity index (χ3n) is 6.55. The highest BCUT2D eigenvalue weighted by Gasteiger charge is 2.41. The first kappa shape index (κ1) is 29.1. The van der Waals surface area contributed by atoms with Crippen molar-refractivity contribution in [1.29, 1.82) is 0 Å². The van der Waals surface area contributed by atoms with Crippen molar-refractivity contribution in [2.24, 2.45) is 11.8 Å². The number of likely N-dealkylation sites (tertiary alicyclic amines) is 1. The molecule has 1 unspecified atom stereocenters. The van der Waals surface area contributed by atoms with Gasteiger partial charge in [-0.15, -0.1) is 0 Å². The summed E-state index contributed by atoms with van der Waals surface area (Å²) in [5, 5.41) is 7.66. The molecule has 1 saturated heterocycles. The van der Waals surface area contributed by atoms with Crippen LogP contribution in [0.1, 0.15) is 64.4 Å². The molecule has 0 aliphatic carbocycles. The zero-order valence-corrected chi connectivity index (χ0v) is 21.3. The lowest BCUT2D eigenvalue weighted by atomic mass is 9.87. The highest BCUT2D eigenvalue weighted by atomic mass is 16.2. The number of carbonyl (C=O) groups is 5. The number of amides is 5. The summed E-state index contributed by atoms with van der Waals surface area (Å²) in [6.45, 7) is 4.05. The summed E-state index contributed by atoms with van der Waals surface area (Å²) in [5.41, 5.74) is 1.55. The fourth-order valence-electron chi connectivity index (χ4n) is 4.34. The molecule has 5 amide bonds. The second-order valence-corrected chi connectivity index (χ2v) is 9.08. The fourth-order valence-corrected chi connectivity index (χ4v) is 4.34. The summed E-state index contributed by atoms with van der Waals surface area (Å²) in [5.74, 6) is -1.22. The number of carbonyl (C=O) groups excluding carboxylic acids is 5. The van der Waals surface area contributed by atoms with Gasteiger partial charge in [-0.05, 0) is 30.9 Å². The van der Waals surface area contributed by atoms with Crippen LogP contribution in [0.15, 0.2) is 24.3 Å². The van der Waals surface area contributed by atoms with Gasteiger partial charge in [0.2, 0.25) is 29.5 Å². The predicted octanol–water partition coefficient (Wildman–Crippen LogP) is 1.90. The van der Waals surface area contributed by atoms with Crippen molar-refractivity contribution >= 4 is 43.1 Å². The Labute approximate surface area is 214 Å². The minimum atomic E-state index is -0.463. The third-order valence-corrected chi connectivity index (χ3v) is 6.55. The summed E-state index contributed by atoms with van der Waals surface area (Å²) in [4.78, 5) is 62.0. The molecular weight excluding hydrogens is 459 g/mol. The average Bonchev–Trinajstić information content (AvgIpc) is 3.15. The molecule has 1 fully saturated rings. The van der Waals surface area contributed by atoms with Crippen molar-refractivity contribution in [2.75, 3.05) is 25.0 Å². The van der Waals surface area contributed by atoms with E-state index in [1.807, 2.05) is 13.8 Å². The molecule has 10 heteroatoms. The Morgan fingerprint density at radius 2 is 1.58 bits per heavy atom. The van der Waals surface area contributed by atoms with Crippen LogP contribution in [0.2, 0.25) is 0 Å². The Hall–Kier alpha value is -3.17. The molecule has 1 aromatic rings. The van der Waals surface area contributed by atoms with Gasteiger partial charge in [0, 0.05) is 25.1 Å². The van der Waals surface area contributed by atoms with Gasteiger partial charge in [-0.1, -0.05) is 57.1 Å². The van der Waals surface area contributed by atoms with E-state index in [2.05, 4.69) is 16.0 Å². The number of benzene rings is 1. The molecule has 2 radical (unpaired) electrons. The van der Waals surface area contributed by atoms with Crippen molar-refractivity contribution in [3.63, 3.8) is 0 Å². The number of imide groups is 1. The topological polar surface area (TPSA) is 125 Å². The number of rotatable bonds is 15. The standard InChI is InChI=1S/C26H37BN4O5/c1-3-19(4-2)21-14-25(35)31(26(21)36)13-7-5-6-8-22(32)28-16-23(33)29-17-24(34)30-20-11-9-18(15-27)10-12-20/h9-12,19,21H,3-8,13-17H2,1-2H3,(H,28,32)(H,29,33)(H,30,34). The number of unbranched alkanes of at least 4 members (excludes halogenated alkanes) is 2. The van der Waals surface area contributed by atoms with Crippen LogP contribution in [0.25, 0.3) is 0 Å². The SMILES string of the molecule is [B]Cc1ccc(NC(=O)CNC(=O)CNC(=O)CCCCCN2C(=O)CC(C(CC)CC)C2=O)cc1. The summed E-state index contributed by atoms with van der Waals surface area (Å²) in [7, 11) is 5.54. The van der Waals surface area contributed by atoms with E-state index in [0.717, 1.165) is 18.4 Å². The summed E-state index contributed by atoms with van der Waals surface area (Å²) < 4.78 is 0. The minimum absolute atomic E-state index is 0.0596. The summed E-state index contributed by atoms with van der Waals surface area (Å²) in [6.07, 6.45) is 4.66. The van der Waals surface area contributed by atoms with Gasteiger partial charge in [-0.3, -0.25) is 28.9 Å². The number of nitrogens with one attached hydrogen (secondary N) is 3. The Bertz CT molecular complexity index is 917. The van der Waals surface area contributed by atoms with Crippen molar-refractivity contribution in [1.82, 2.24) is 15.5 Å². The number of nitrogens with zero attached hydrogens (tertiary/aromatic N) is 1. The maximum absolute atomic E-state index is 12.6. The van der Waals surface area contributed by atoms with Gasteiger partial charge in [0.15, 0.2) is 0 Å². The van der Waals surface area contributed by atoms with E-state index in [-0.39, 0.29) is 55.0 Å². The van der Waals surface area contributed by atoms with E-state index in [1.165, 1.54) is 4.90 Å². The lowest BCUT2D eigenvalue weighted by Gasteiger charge is -2.19. The molecule has 3 N–H and O–H groups in total. The van der Waals surface area contributed by atoms with Gasteiger partial charge in [-0.25, -0.2) is 0 Å². The zero-order chi connectivity index (χ0) is 26.5. The molecule has 1 heterocycles. The second kappa shape index (κ2) is 15.1. The van der Waals surface area contributed by atoms with Crippen molar-refractivity contribution < 1.29 is 24.0 Å². The highest BCUT2D eigenvalue weighted by Crippen LogP contribution is 2.31. The lowest BCUT2D eigenvalue weighted by molar-refractivity contribution is -0.140. The Kier molecular flexibility index (Phi) is 12.2. The Balaban J connectivity index is 1.56. The maximum atomic E-state index is 12.6. The minimum Gasteiger partial charge on any atom is -0.347 e. The highest BCUT2D eigenvalue weighted by molar-refractivity contribution is 6.08. The smallest absolute Gasteiger partial charge is 0.243 e. The fraction of sp³-hybridized carbons (Fsp3) is 0.577. The average molecular weight is 496 g/mol. The first-order valence-corrected chi connectivity index (χ1v) is 12.7. The van der Waals surface area contributed by atoms with Crippen molar-refractivity contribution in [3.05, 3.63) is 29.8 Å². The van der Waals surface area contributed by atoms with Crippen LogP contribution >= 0.6 is 0 Å². The summed E-state index contributed by atoms with van der Waals surface area (Å²) in [6, 6.07) is 7.07. The second-order valence-electron chi connectivity index (χ2n) is 9.08. The Morgan fingerprint density at radius 3 is 2.22 bits per heavy atom. The normalized spacial score (nSPS) is 15.3. The molecule has 1 aliphatic heterocycles. The molecule has 1 aliphatic rings. The van der Waals surface area contributed by atoms with Gasteiger partial charge >= 0.3 is 0 Å². The van der Waals surface area contributed by atoms with Crippen LogP contribution in [0.4, 0.5) is 5.69 Å². The molecule has 1 aromatic carbocycles. The quantitative estimate of drug-likeness (QED) is 0.194. The Morgan fingerprint density at radius 1 is 0.944 bits per heavy atom. The van der Waals surface area contributed by atoms with Gasteiger partial charge in [0.1, 0.15) is 0 Å². The van der Waals surface area contributed by atoms with Crippen LogP contribution in [0.5, 0.6) is 0 Å². The number of hydrogen-bond acceptors (Lipinski definition) is 5. The van der Waals surface area contributed by atoms with Gasteiger partial charge < -0.3 is 16.0 Å². The monoisotopic (exact) mass is 496 g/mol.